The SMILES string of the molecule is Cl.NCC1CCCC1NC(=O)c1cc(C(F)(F)F)ccc1F. The van der Waals surface area contributed by atoms with Gasteiger partial charge in [-0.25, -0.2) is 4.39 Å². The van der Waals surface area contributed by atoms with Crippen LogP contribution in [0.15, 0.2) is 18.2 Å². The van der Waals surface area contributed by atoms with Crippen LogP contribution in [0.2, 0.25) is 0 Å². The number of nitrogens with two attached hydrogens (primary N) is 1. The lowest BCUT2D eigenvalue weighted by molar-refractivity contribution is -0.137. The summed E-state index contributed by atoms with van der Waals surface area (Å²) in [5, 5.41) is 2.59. The summed E-state index contributed by atoms with van der Waals surface area (Å²) in [7, 11) is 0. The van der Waals surface area contributed by atoms with E-state index in [0.717, 1.165) is 12.8 Å². The lowest BCUT2D eigenvalue weighted by atomic mass is 10.0. The molecule has 2 atom stereocenters. The maximum Gasteiger partial charge on any atom is 0.416 e. The number of nitrogens with one attached hydrogen (secondary N) is 1. The molecule has 1 aromatic carbocycles. The van der Waals surface area contributed by atoms with E-state index in [1.807, 2.05) is 0 Å². The Balaban J connectivity index is 0.00000242. The van der Waals surface area contributed by atoms with Crippen LogP contribution in [-0.2, 0) is 6.18 Å². The first kappa shape index (κ1) is 18.7. The smallest absolute Gasteiger partial charge is 0.349 e. The van der Waals surface area contributed by atoms with E-state index in [2.05, 4.69) is 5.32 Å². The lowest BCUT2D eigenvalue weighted by Gasteiger charge is -2.20. The third kappa shape index (κ3) is 4.10. The molecule has 3 N–H and O–H groups in total. The fourth-order valence-electron chi connectivity index (χ4n) is 2.63. The molecule has 1 amide bonds. The van der Waals surface area contributed by atoms with E-state index < -0.39 is 29.0 Å². The van der Waals surface area contributed by atoms with Crippen LogP contribution in [0.4, 0.5) is 17.6 Å². The Hall–Kier alpha value is -1.34. The molecule has 2 unspecified atom stereocenters. The van der Waals surface area contributed by atoms with Crippen molar-refractivity contribution >= 4 is 18.3 Å². The molecule has 1 aliphatic carbocycles. The first-order valence-electron chi connectivity index (χ1n) is 6.70. The average Bonchev–Trinajstić information content (AvgIpc) is 2.84. The van der Waals surface area contributed by atoms with Crippen LogP contribution < -0.4 is 11.1 Å². The summed E-state index contributed by atoms with van der Waals surface area (Å²) >= 11 is 0. The molecule has 1 saturated carbocycles. The molecule has 0 aromatic heterocycles. The van der Waals surface area contributed by atoms with Gasteiger partial charge in [-0.15, -0.1) is 12.4 Å². The zero-order valence-electron chi connectivity index (χ0n) is 11.6. The zero-order chi connectivity index (χ0) is 15.6. The van der Waals surface area contributed by atoms with Gasteiger partial charge in [0.1, 0.15) is 5.82 Å². The van der Waals surface area contributed by atoms with E-state index in [1.54, 1.807) is 0 Å². The van der Waals surface area contributed by atoms with Gasteiger partial charge >= 0.3 is 6.18 Å². The fourth-order valence-corrected chi connectivity index (χ4v) is 2.63. The normalized spacial score (nSPS) is 21.3. The molecule has 0 spiro atoms. The van der Waals surface area contributed by atoms with Crippen molar-refractivity contribution in [1.82, 2.24) is 5.32 Å². The highest BCUT2D eigenvalue weighted by Gasteiger charge is 2.33. The number of hydrogen-bond donors (Lipinski definition) is 2. The van der Waals surface area contributed by atoms with Crippen LogP contribution in [0.25, 0.3) is 0 Å². The van der Waals surface area contributed by atoms with Gasteiger partial charge < -0.3 is 11.1 Å². The molecule has 1 aliphatic rings. The van der Waals surface area contributed by atoms with Crippen molar-refractivity contribution in [1.29, 1.82) is 0 Å². The van der Waals surface area contributed by atoms with Gasteiger partial charge in [-0.3, -0.25) is 4.79 Å². The van der Waals surface area contributed by atoms with E-state index in [9.17, 15) is 22.4 Å². The Labute approximate surface area is 131 Å². The minimum atomic E-state index is -4.62. The lowest BCUT2D eigenvalue weighted by Crippen LogP contribution is -2.40. The van der Waals surface area contributed by atoms with Crippen molar-refractivity contribution in [2.45, 2.75) is 31.5 Å². The largest absolute Gasteiger partial charge is 0.416 e. The molecule has 124 valence electrons. The van der Waals surface area contributed by atoms with Crippen molar-refractivity contribution in [3.8, 4) is 0 Å². The van der Waals surface area contributed by atoms with Crippen LogP contribution in [0.5, 0.6) is 0 Å². The quantitative estimate of drug-likeness (QED) is 0.831. The molecule has 8 heteroatoms. The first-order chi connectivity index (χ1) is 9.82. The van der Waals surface area contributed by atoms with Crippen LogP contribution >= 0.6 is 12.4 Å². The van der Waals surface area contributed by atoms with Gasteiger partial charge in [-0.1, -0.05) is 6.42 Å². The second-order valence-corrected chi connectivity index (χ2v) is 5.20. The molecule has 0 radical (unpaired) electrons. The van der Waals surface area contributed by atoms with Gasteiger partial charge in [0.25, 0.3) is 5.91 Å². The molecule has 0 saturated heterocycles. The van der Waals surface area contributed by atoms with E-state index in [1.165, 1.54) is 0 Å². The van der Waals surface area contributed by atoms with Crippen molar-refractivity contribution in [3.63, 3.8) is 0 Å². The number of amides is 1. The third-order valence-electron chi connectivity index (χ3n) is 3.82. The maximum absolute atomic E-state index is 13.6. The van der Waals surface area contributed by atoms with Gasteiger partial charge in [0, 0.05) is 6.04 Å². The molecule has 2 rings (SSSR count). The zero-order valence-corrected chi connectivity index (χ0v) is 12.4. The Morgan fingerprint density at radius 1 is 1.32 bits per heavy atom. The van der Waals surface area contributed by atoms with Crippen molar-refractivity contribution in [2.75, 3.05) is 6.54 Å². The maximum atomic E-state index is 13.6. The first-order valence-corrected chi connectivity index (χ1v) is 6.70. The van der Waals surface area contributed by atoms with Gasteiger partial charge in [0.05, 0.1) is 11.1 Å². The Morgan fingerprint density at radius 3 is 2.59 bits per heavy atom. The van der Waals surface area contributed by atoms with E-state index in [-0.39, 0.29) is 24.4 Å². The summed E-state index contributed by atoms with van der Waals surface area (Å²) in [6.45, 7) is 0.385. The van der Waals surface area contributed by atoms with Gasteiger partial charge in [0.15, 0.2) is 0 Å². The molecule has 0 aliphatic heterocycles. The summed E-state index contributed by atoms with van der Waals surface area (Å²) in [5.74, 6) is -1.71. The van der Waals surface area contributed by atoms with Crippen LogP contribution in [0.1, 0.15) is 35.2 Å². The average molecular weight is 341 g/mol. The minimum Gasteiger partial charge on any atom is -0.349 e. The summed E-state index contributed by atoms with van der Waals surface area (Å²) in [6, 6.07) is 1.60. The molecular formula is C14H17ClF4N2O. The highest BCUT2D eigenvalue weighted by atomic mass is 35.5. The Kier molecular flexibility index (Phi) is 6.19. The number of benzene rings is 1. The Morgan fingerprint density at radius 2 is 2.00 bits per heavy atom. The monoisotopic (exact) mass is 340 g/mol. The van der Waals surface area contributed by atoms with Crippen molar-refractivity contribution in [3.05, 3.63) is 35.1 Å². The summed E-state index contributed by atoms with van der Waals surface area (Å²) < 4.78 is 51.4. The van der Waals surface area contributed by atoms with Crippen LogP contribution in [0, 0.1) is 11.7 Å². The number of rotatable bonds is 3. The number of carbonyl (C=O) groups is 1. The summed E-state index contributed by atoms with van der Waals surface area (Å²) in [4.78, 5) is 12.0. The Bertz CT molecular complexity index is 536. The molecule has 0 heterocycles. The number of alkyl halides is 3. The predicted octanol–water partition coefficient (Wildman–Crippen LogP) is 3.12. The van der Waals surface area contributed by atoms with Crippen LogP contribution in [0.3, 0.4) is 0 Å². The number of carbonyl (C=O) groups excluding carboxylic acids is 1. The molecule has 0 bridgehead atoms. The highest BCUT2D eigenvalue weighted by Crippen LogP contribution is 2.30. The topological polar surface area (TPSA) is 55.1 Å². The van der Waals surface area contributed by atoms with Crippen LogP contribution in [-0.4, -0.2) is 18.5 Å². The molecular weight excluding hydrogens is 324 g/mol. The van der Waals surface area contributed by atoms with Gasteiger partial charge in [-0.2, -0.15) is 13.2 Å². The van der Waals surface area contributed by atoms with E-state index in [0.29, 0.717) is 31.2 Å². The second-order valence-electron chi connectivity index (χ2n) is 5.20. The molecule has 22 heavy (non-hydrogen) atoms. The molecule has 1 fully saturated rings. The fraction of sp³-hybridized carbons (Fsp3) is 0.500. The molecule has 1 aromatic rings. The summed E-state index contributed by atoms with van der Waals surface area (Å²) in [5.41, 5.74) is 3.94. The van der Waals surface area contributed by atoms with E-state index >= 15 is 0 Å². The van der Waals surface area contributed by atoms with Crippen molar-refractivity contribution < 1.29 is 22.4 Å². The number of hydrogen-bond acceptors (Lipinski definition) is 2. The van der Waals surface area contributed by atoms with Crippen molar-refractivity contribution in [2.24, 2.45) is 11.7 Å². The highest BCUT2D eigenvalue weighted by molar-refractivity contribution is 5.94. The minimum absolute atomic E-state index is 0. The summed E-state index contributed by atoms with van der Waals surface area (Å²) in [6.07, 6.45) is -2.17. The number of halogens is 5. The predicted molar refractivity (Wildman–Crippen MR) is 76.3 cm³/mol. The van der Waals surface area contributed by atoms with Gasteiger partial charge in [0.2, 0.25) is 0 Å². The molecule has 3 nitrogen and oxygen atoms in total. The van der Waals surface area contributed by atoms with E-state index in [4.69, 9.17) is 5.73 Å². The van der Waals surface area contributed by atoms with Gasteiger partial charge in [-0.05, 0) is 43.5 Å². The standard InChI is InChI=1S/C14H16F4N2O.ClH/c15-11-5-4-9(14(16,17)18)6-10(11)13(21)20-12-3-1-2-8(12)7-19;/h4-6,8,12H,1-3,7,19H2,(H,20,21);1H. The third-order valence-corrected chi connectivity index (χ3v) is 3.82. The second kappa shape index (κ2) is 7.28.